The van der Waals surface area contributed by atoms with E-state index in [9.17, 15) is 0 Å². The van der Waals surface area contributed by atoms with Crippen LogP contribution in [0.2, 0.25) is 5.02 Å². The van der Waals surface area contributed by atoms with E-state index in [4.69, 9.17) is 11.6 Å². The summed E-state index contributed by atoms with van der Waals surface area (Å²) in [7, 11) is 0. The van der Waals surface area contributed by atoms with Gasteiger partial charge in [-0.25, -0.2) is 0 Å². The van der Waals surface area contributed by atoms with Gasteiger partial charge in [0.15, 0.2) is 0 Å². The van der Waals surface area contributed by atoms with E-state index in [1.54, 1.807) is 0 Å². The molecule has 0 amide bonds. The lowest BCUT2D eigenvalue weighted by atomic mass is 10.1. The molecule has 76 valence electrons. The average molecular weight is 210 g/mol. The summed E-state index contributed by atoms with van der Waals surface area (Å²) in [5.41, 5.74) is 1.15. The zero-order valence-corrected chi connectivity index (χ0v) is 9.38. The Hall–Kier alpha value is -0.790. The second-order valence-corrected chi connectivity index (χ2v) is 3.63. The van der Waals surface area contributed by atoms with Crippen LogP contribution in [0.5, 0.6) is 0 Å². The van der Waals surface area contributed by atoms with Crippen molar-refractivity contribution in [1.29, 1.82) is 0 Å². The van der Waals surface area contributed by atoms with Gasteiger partial charge in [0.2, 0.25) is 0 Å². The van der Waals surface area contributed by atoms with E-state index in [0.717, 1.165) is 17.1 Å². The molecule has 0 heterocycles. The van der Waals surface area contributed by atoms with Gasteiger partial charge in [-0.2, -0.15) is 0 Å². The topological polar surface area (TPSA) is 12.0 Å². The molecule has 0 aromatic heterocycles. The third-order valence-corrected chi connectivity index (χ3v) is 2.49. The zero-order chi connectivity index (χ0) is 10.4. The van der Waals surface area contributed by atoms with Crippen LogP contribution in [0.15, 0.2) is 36.4 Å². The highest BCUT2D eigenvalue weighted by molar-refractivity contribution is 6.31. The van der Waals surface area contributed by atoms with E-state index in [1.165, 1.54) is 0 Å². The van der Waals surface area contributed by atoms with Crippen molar-refractivity contribution in [2.45, 2.75) is 19.9 Å². The second-order valence-electron chi connectivity index (χ2n) is 3.22. The van der Waals surface area contributed by atoms with Crippen molar-refractivity contribution in [2.24, 2.45) is 0 Å². The number of halogens is 1. The highest BCUT2D eigenvalue weighted by Gasteiger charge is 2.06. The van der Waals surface area contributed by atoms with Gasteiger partial charge >= 0.3 is 0 Å². The van der Waals surface area contributed by atoms with E-state index < -0.39 is 0 Å². The number of rotatable bonds is 4. The molecule has 1 nitrogen and oxygen atoms in total. The molecule has 2 heteroatoms. The van der Waals surface area contributed by atoms with Crippen LogP contribution in [-0.4, -0.2) is 6.54 Å². The average Bonchev–Trinajstić information content (AvgIpc) is 2.18. The van der Waals surface area contributed by atoms with E-state index in [-0.39, 0.29) is 0 Å². The molecule has 0 unspecified atom stereocenters. The molecule has 0 radical (unpaired) electrons. The van der Waals surface area contributed by atoms with Crippen LogP contribution in [0, 0.1) is 0 Å². The minimum absolute atomic E-state index is 0.292. The van der Waals surface area contributed by atoms with Crippen LogP contribution in [-0.2, 0) is 0 Å². The molecule has 0 aliphatic carbocycles. The van der Waals surface area contributed by atoms with Crippen LogP contribution in [0.1, 0.15) is 25.5 Å². The lowest BCUT2D eigenvalue weighted by Crippen LogP contribution is -2.18. The first-order valence-electron chi connectivity index (χ1n) is 4.84. The number of hydrogen-bond acceptors (Lipinski definition) is 1. The highest BCUT2D eigenvalue weighted by atomic mass is 35.5. The van der Waals surface area contributed by atoms with Crippen LogP contribution >= 0.6 is 11.6 Å². The predicted octanol–water partition coefficient (Wildman–Crippen LogP) is 3.57. The summed E-state index contributed by atoms with van der Waals surface area (Å²) in [4.78, 5) is 0. The SMILES string of the molecule is C/C=C/CN[C@H](C)c1ccccc1Cl. The van der Waals surface area contributed by atoms with Gasteiger partial charge in [-0.1, -0.05) is 42.0 Å². The Labute approximate surface area is 90.8 Å². The lowest BCUT2D eigenvalue weighted by molar-refractivity contribution is 0.617. The van der Waals surface area contributed by atoms with Gasteiger partial charge in [0.1, 0.15) is 0 Å². The maximum absolute atomic E-state index is 6.07. The predicted molar refractivity (Wildman–Crippen MR) is 62.7 cm³/mol. The Bertz CT molecular complexity index is 307. The highest BCUT2D eigenvalue weighted by Crippen LogP contribution is 2.21. The molecule has 0 bridgehead atoms. The van der Waals surface area contributed by atoms with Crippen molar-refractivity contribution in [3.8, 4) is 0 Å². The summed E-state index contributed by atoms with van der Waals surface area (Å²) in [6.07, 6.45) is 4.12. The quantitative estimate of drug-likeness (QED) is 0.748. The minimum atomic E-state index is 0.292. The number of allylic oxidation sites excluding steroid dienone is 1. The van der Waals surface area contributed by atoms with Crippen LogP contribution in [0.3, 0.4) is 0 Å². The van der Waals surface area contributed by atoms with Gasteiger partial charge in [-0.3, -0.25) is 0 Å². The van der Waals surface area contributed by atoms with Crippen molar-refractivity contribution in [3.63, 3.8) is 0 Å². The minimum Gasteiger partial charge on any atom is -0.307 e. The van der Waals surface area contributed by atoms with Gasteiger partial charge in [0, 0.05) is 17.6 Å². The van der Waals surface area contributed by atoms with Crippen LogP contribution in [0.25, 0.3) is 0 Å². The van der Waals surface area contributed by atoms with Crippen molar-refractivity contribution in [1.82, 2.24) is 5.32 Å². The summed E-state index contributed by atoms with van der Waals surface area (Å²) in [5.74, 6) is 0. The summed E-state index contributed by atoms with van der Waals surface area (Å²) in [5, 5.41) is 4.20. The molecular formula is C12H16ClN. The molecule has 1 atom stereocenters. The first-order valence-corrected chi connectivity index (χ1v) is 5.22. The van der Waals surface area contributed by atoms with Gasteiger partial charge in [-0.05, 0) is 25.5 Å². The summed E-state index contributed by atoms with van der Waals surface area (Å²) >= 11 is 6.07. The third kappa shape index (κ3) is 3.17. The van der Waals surface area contributed by atoms with Gasteiger partial charge in [0.05, 0.1) is 0 Å². The monoisotopic (exact) mass is 209 g/mol. The Balaban J connectivity index is 2.60. The Morgan fingerprint density at radius 2 is 2.14 bits per heavy atom. The van der Waals surface area contributed by atoms with E-state index >= 15 is 0 Å². The molecule has 0 fully saturated rings. The first-order chi connectivity index (χ1) is 6.75. The molecule has 0 saturated carbocycles. The van der Waals surface area contributed by atoms with E-state index in [2.05, 4.69) is 24.4 Å². The van der Waals surface area contributed by atoms with Crippen LogP contribution < -0.4 is 5.32 Å². The summed E-state index contributed by atoms with van der Waals surface area (Å²) in [6, 6.07) is 8.22. The second kappa shape index (κ2) is 5.84. The van der Waals surface area contributed by atoms with Crippen molar-refractivity contribution in [2.75, 3.05) is 6.54 Å². The van der Waals surface area contributed by atoms with E-state index in [0.29, 0.717) is 6.04 Å². The summed E-state index contributed by atoms with van der Waals surface area (Å²) < 4.78 is 0. The summed E-state index contributed by atoms with van der Waals surface area (Å²) in [6.45, 7) is 5.01. The van der Waals surface area contributed by atoms with Crippen molar-refractivity contribution >= 4 is 11.6 Å². The third-order valence-electron chi connectivity index (χ3n) is 2.15. The molecule has 14 heavy (non-hydrogen) atoms. The maximum Gasteiger partial charge on any atom is 0.0453 e. The number of benzene rings is 1. The van der Waals surface area contributed by atoms with Crippen molar-refractivity contribution in [3.05, 3.63) is 47.0 Å². The molecule has 0 spiro atoms. The molecule has 1 aromatic carbocycles. The fourth-order valence-corrected chi connectivity index (χ4v) is 1.60. The molecular weight excluding hydrogens is 194 g/mol. The van der Waals surface area contributed by atoms with Gasteiger partial charge < -0.3 is 5.32 Å². The molecule has 1 aromatic rings. The maximum atomic E-state index is 6.07. The zero-order valence-electron chi connectivity index (χ0n) is 8.63. The van der Waals surface area contributed by atoms with Gasteiger partial charge in [0.25, 0.3) is 0 Å². The fraction of sp³-hybridized carbons (Fsp3) is 0.333. The molecule has 1 rings (SSSR count). The first kappa shape index (κ1) is 11.3. The molecule has 1 N–H and O–H groups in total. The largest absolute Gasteiger partial charge is 0.307 e. The molecule has 0 aliphatic heterocycles. The van der Waals surface area contributed by atoms with Crippen LogP contribution in [0.4, 0.5) is 0 Å². The Morgan fingerprint density at radius 3 is 2.79 bits per heavy atom. The van der Waals surface area contributed by atoms with Crippen molar-refractivity contribution < 1.29 is 0 Å². The fourth-order valence-electron chi connectivity index (χ4n) is 1.30. The molecule has 0 saturated heterocycles. The number of hydrogen-bond donors (Lipinski definition) is 1. The smallest absolute Gasteiger partial charge is 0.0453 e. The molecule has 0 aliphatic rings. The van der Waals surface area contributed by atoms with E-state index in [1.807, 2.05) is 31.2 Å². The Morgan fingerprint density at radius 1 is 1.43 bits per heavy atom. The standard InChI is InChI=1S/C12H16ClN/c1-3-4-9-14-10(2)11-7-5-6-8-12(11)13/h3-8,10,14H,9H2,1-2H3/b4-3+/t10-/m1/s1. The lowest BCUT2D eigenvalue weighted by Gasteiger charge is -2.14. The number of nitrogens with one attached hydrogen (secondary N) is 1. The normalized spacial score (nSPS) is 13.4. The Kier molecular flexibility index (Phi) is 4.71. The van der Waals surface area contributed by atoms with Gasteiger partial charge in [-0.15, -0.1) is 0 Å².